The van der Waals surface area contributed by atoms with E-state index in [2.05, 4.69) is 0 Å². The summed E-state index contributed by atoms with van der Waals surface area (Å²) in [6, 6.07) is 6.22. The van der Waals surface area contributed by atoms with E-state index in [4.69, 9.17) is 4.74 Å². The second-order valence-corrected chi connectivity index (χ2v) is 5.17. The fourth-order valence-corrected chi connectivity index (χ4v) is 2.22. The minimum atomic E-state index is -0.453. The van der Waals surface area contributed by atoms with Gasteiger partial charge in [-0.25, -0.2) is 0 Å². The molecule has 21 heavy (non-hydrogen) atoms. The monoisotopic (exact) mass is 290 g/mol. The molecule has 6 heteroatoms. The number of benzene rings is 1. The van der Waals surface area contributed by atoms with E-state index in [1.807, 2.05) is 13.8 Å². The summed E-state index contributed by atoms with van der Waals surface area (Å²) in [5.74, 6) is -0.107. The fraction of sp³-hybridized carbons (Fsp3) is 0.400. The van der Waals surface area contributed by atoms with Crippen LogP contribution >= 0.6 is 0 Å². The minimum Gasteiger partial charge on any atom is -0.375 e. The van der Waals surface area contributed by atoms with Crippen molar-refractivity contribution >= 4 is 17.7 Å². The van der Waals surface area contributed by atoms with Crippen molar-refractivity contribution in [3.8, 4) is 0 Å². The second kappa shape index (κ2) is 6.49. The number of ether oxygens (including phenoxy) is 1. The fourth-order valence-electron chi connectivity index (χ4n) is 2.22. The van der Waals surface area contributed by atoms with Gasteiger partial charge in [0, 0.05) is 24.8 Å². The molecule has 0 aromatic heterocycles. The smallest absolute Gasteiger partial charge is 0.270 e. The summed E-state index contributed by atoms with van der Waals surface area (Å²) in [5.41, 5.74) is 0.643. The molecule has 1 aromatic carbocycles. The van der Waals surface area contributed by atoms with Crippen molar-refractivity contribution in [2.75, 3.05) is 13.2 Å². The van der Waals surface area contributed by atoms with Crippen LogP contribution in [0.5, 0.6) is 0 Å². The molecule has 1 aromatic rings. The lowest BCUT2D eigenvalue weighted by molar-refractivity contribution is -0.384. The molecule has 0 saturated carbocycles. The first-order valence-electron chi connectivity index (χ1n) is 6.82. The number of nitro benzene ring substituents is 1. The van der Waals surface area contributed by atoms with Crippen molar-refractivity contribution in [3.05, 3.63) is 46.0 Å². The van der Waals surface area contributed by atoms with Gasteiger partial charge in [0.15, 0.2) is 0 Å². The number of hydrogen-bond donors (Lipinski definition) is 0. The summed E-state index contributed by atoms with van der Waals surface area (Å²) in [6.45, 7) is 4.94. The lowest BCUT2D eigenvalue weighted by Gasteiger charge is -2.36. The Morgan fingerprint density at radius 3 is 2.95 bits per heavy atom. The lowest BCUT2D eigenvalue weighted by atomic mass is 10.1. The molecule has 1 fully saturated rings. The Labute approximate surface area is 123 Å². The molecule has 2 rings (SSSR count). The van der Waals surface area contributed by atoms with E-state index in [9.17, 15) is 14.9 Å². The molecule has 112 valence electrons. The molecule has 0 bridgehead atoms. The van der Waals surface area contributed by atoms with E-state index in [0.29, 0.717) is 18.7 Å². The average Bonchev–Trinajstić information content (AvgIpc) is 2.47. The van der Waals surface area contributed by atoms with Crippen LogP contribution in [-0.2, 0) is 9.53 Å². The highest BCUT2D eigenvalue weighted by Gasteiger charge is 2.25. The highest BCUT2D eigenvalue weighted by Crippen LogP contribution is 2.15. The van der Waals surface area contributed by atoms with Crippen LogP contribution in [-0.4, -0.2) is 41.0 Å². The van der Waals surface area contributed by atoms with Gasteiger partial charge in [0.25, 0.3) is 5.69 Å². The summed E-state index contributed by atoms with van der Waals surface area (Å²) in [7, 11) is 0. The molecule has 0 aliphatic carbocycles. The summed E-state index contributed by atoms with van der Waals surface area (Å²) in [5, 5.41) is 10.7. The highest BCUT2D eigenvalue weighted by atomic mass is 16.6. The zero-order valence-corrected chi connectivity index (χ0v) is 12.1. The molecule has 1 aliphatic rings. The van der Waals surface area contributed by atoms with E-state index < -0.39 is 4.92 Å². The number of carbonyl (C=O) groups excluding carboxylic acids is 1. The topological polar surface area (TPSA) is 72.7 Å². The molecule has 1 aliphatic heterocycles. The van der Waals surface area contributed by atoms with Crippen molar-refractivity contribution in [2.45, 2.75) is 26.0 Å². The van der Waals surface area contributed by atoms with E-state index in [1.165, 1.54) is 18.2 Å². The van der Waals surface area contributed by atoms with Crippen molar-refractivity contribution in [2.24, 2.45) is 0 Å². The Bertz CT molecular complexity index is 571. The van der Waals surface area contributed by atoms with E-state index in [0.717, 1.165) is 0 Å². The zero-order chi connectivity index (χ0) is 15.4. The maximum Gasteiger partial charge on any atom is 0.270 e. The number of amides is 1. The second-order valence-electron chi connectivity index (χ2n) is 5.17. The molecule has 1 amide bonds. The Hall–Kier alpha value is -2.21. The molecule has 1 heterocycles. The van der Waals surface area contributed by atoms with Crippen LogP contribution in [0.15, 0.2) is 30.3 Å². The Balaban J connectivity index is 2.08. The molecule has 0 radical (unpaired) electrons. The number of carbonyl (C=O) groups is 1. The van der Waals surface area contributed by atoms with Crippen molar-refractivity contribution in [3.63, 3.8) is 0 Å². The van der Waals surface area contributed by atoms with Crippen molar-refractivity contribution in [1.82, 2.24) is 4.90 Å². The average molecular weight is 290 g/mol. The van der Waals surface area contributed by atoms with Crippen LogP contribution in [0.4, 0.5) is 5.69 Å². The molecule has 1 saturated heterocycles. The molecule has 2 atom stereocenters. The number of non-ortho nitro benzene ring substituents is 1. The number of rotatable bonds is 3. The number of morpholine rings is 1. The van der Waals surface area contributed by atoms with Gasteiger partial charge in [-0.05, 0) is 25.5 Å². The van der Waals surface area contributed by atoms with Gasteiger partial charge < -0.3 is 9.64 Å². The van der Waals surface area contributed by atoms with Crippen molar-refractivity contribution < 1.29 is 14.5 Å². The normalized spacial score (nSPS) is 22.5. The van der Waals surface area contributed by atoms with E-state index in [1.54, 1.807) is 23.1 Å². The van der Waals surface area contributed by atoms with Gasteiger partial charge in [0.2, 0.25) is 5.91 Å². The van der Waals surface area contributed by atoms with Crippen LogP contribution in [0.2, 0.25) is 0 Å². The van der Waals surface area contributed by atoms with Gasteiger partial charge in [0.05, 0.1) is 23.7 Å². The summed E-state index contributed by atoms with van der Waals surface area (Å²) >= 11 is 0. The molecule has 0 spiro atoms. The first kappa shape index (κ1) is 15.2. The Morgan fingerprint density at radius 2 is 2.24 bits per heavy atom. The third kappa shape index (κ3) is 3.88. The predicted octanol–water partition coefficient (Wildman–Crippen LogP) is 2.24. The predicted molar refractivity (Wildman–Crippen MR) is 78.7 cm³/mol. The van der Waals surface area contributed by atoms with Gasteiger partial charge in [0.1, 0.15) is 0 Å². The van der Waals surface area contributed by atoms with Crippen LogP contribution in [0, 0.1) is 10.1 Å². The zero-order valence-electron chi connectivity index (χ0n) is 12.1. The maximum atomic E-state index is 12.2. The van der Waals surface area contributed by atoms with Crippen LogP contribution in [0.1, 0.15) is 19.4 Å². The van der Waals surface area contributed by atoms with Gasteiger partial charge in [-0.3, -0.25) is 14.9 Å². The highest BCUT2D eigenvalue weighted by molar-refractivity contribution is 5.92. The van der Waals surface area contributed by atoms with Gasteiger partial charge in [-0.15, -0.1) is 0 Å². The Morgan fingerprint density at radius 1 is 1.48 bits per heavy atom. The largest absolute Gasteiger partial charge is 0.375 e. The first-order chi connectivity index (χ1) is 9.97. The SMILES string of the molecule is C[C@@H]1CN(C(=O)/C=C/c2cccc([N+](=O)[O-])c2)[C@@H](C)CO1. The van der Waals surface area contributed by atoms with Crippen LogP contribution < -0.4 is 0 Å². The first-order valence-corrected chi connectivity index (χ1v) is 6.82. The molecule has 0 unspecified atom stereocenters. The number of hydrogen-bond acceptors (Lipinski definition) is 4. The van der Waals surface area contributed by atoms with Crippen LogP contribution in [0.25, 0.3) is 6.08 Å². The Kier molecular flexibility index (Phi) is 4.70. The van der Waals surface area contributed by atoms with Gasteiger partial charge in [-0.1, -0.05) is 12.1 Å². The number of nitrogens with zero attached hydrogens (tertiary/aromatic N) is 2. The van der Waals surface area contributed by atoms with Gasteiger partial charge >= 0.3 is 0 Å². The minimum absolute atomic E-state index is 0.0120. The van der Waals surface area contributed by atoms with E-state index >= 15 is 0 Å². The summed E-state index contributed by atoms with van der Waals surface area (Å²) < 4.78 is 5.48. The molecular weight excluding hydrogens is 272 g/mol. The number of nitro groups is 1. The molecular formula is C15H18N2O4. The van der Waals surface area contributed by atoms with Crippen LogP contribution in [0.3, 0.4) is 0 Å². The maximum absolute atomic E-state index is 12.2. The van der Waals surface area contributed by atoms with Crippen molar-refractivity contribution in [1.29, 1.82) is 0 Å². The van der Waals surface area contributed by atoms with E-state index in [-0.39, 0.29) is 23.7 Å². The lowest BCUT2D eigenvalue weighted by Crippen LogP contribution is -2.49. The van der Waals surface area contributed by atoms with Gasteiger partial charge in [-0.2, -0.15) is 0 Å². The third-order valence-corrected chi connectivity index (χ3v) is 3.39. The summed E-state index contributed by atoms with van der Waals surface area (Å²) in [6.07, 6.45) is 3.08. The summed E-state index contributed by atoms with van der Waals surface area (Å²) in [4.78, 5) is 24.2. The molecule has 0 N–H and O–H groups in total. The quantitative estimate of drug-likeness (QED) is 0.486. The third-order valence-electron chi connectivity index (χ3n) is 3.39. The standard InChI is InChI=1S/C15H18N2O4/c1-11-10-21-12(2)9-16(11)15(18)7-6-13-4-3-5-14(8-13)17(19)20/h3-8,11-12H,9-10H2,1-2H3/b7-6+/t11-,12+/m0/s1. The molecule has 6 nitrogen and oxygen atoms in total.